The minimum absolute atomic E-state index is 0.00861. The molecule has 0 aliphatic carbocycles. The number of anilines is 2. The fourth-order valence-corrected chi connectivity index (χ4v) is 3.47. The van der Waals surface area contributed by atoms with Gasteiger partial charge in [-0.05, 0) is 41.8 Å². The number of hydrogen-bond acceptors (Lipinski definition) is 4. The average molecular weight is 368 g/mol. The van der Waals surface area contributed by atoms with Gasteiger partial charge in [0.2, 0.25) is 5.91 Å². The molecule has 1 aliphatic heterocycles. The first kappa shape index (κ1) is 19.2. The molecule has 1 N–H and O–H groups in total. The zero-order valence-corrected chi connectivity index (χ0v) is 16.3. The Hall–Kier alpha value is -2.53. The first-order chi connectivity index (χ1) is 13.1. The quantitative estimate of drug-likeness (QED) is 0.840. The fourth-order valence-electron chi connectivity index (χ4n) is 3.47. The number of benzene rings is 2. The van der Waals surface area contributed by atoms with E-state index in [1.54, 1.807) is 7.11 Å². The van der Waals surface area contributed by atoms with E-state index in [-0.39, 0.29) is 17.7 Å². The summed E-state index contributed by atoms with van der Waals surface area (Å²) in [6.07, 6.45) is 0. The third kappa shape index (κ3) is 4.80. The molecule has 5 nitrogen and oxygen atoms in total. The Morgan fingerprint density at radius 2 is 1.81 bits per heavy atom. The molecule has 1 unspecified atom stereocenters. The standard InChI is InChI=1S/C22H28N2O3/c1-16(2)21(17-7-9-20(26-3)10-8-17)22(25)23-18-5-4-6-19(15-18)24-11-13-27-14-12-24/h4-10,15-16,21H,11-14H2,1-3H3,(H,23,25). The van der Waals surface area contributed by atoms with E-state index in [2.05, 4.69) is 30.1 Å². The van der Waals surface area contributed by atoms with Gasteiger partial charge in [-0.3, -0.25) is 4.79 Å². The van der Waals surface area contributed by atoms with Crippen LogP contribution in [0.15, 0.2) is 48.5 Å². The van der Waals surface area contributed by atoms with E-state index in [4.69, 9.17) is 9.47 Å². The van der Waals surface area contributed by atoms with Crippen LogP contribution in [0.3, 0.4) is 0 Å². The van der Waals surface area contributed by atoms with Gasteiger partial charge in [0.1, 0.15) is 5.75 Å². The highest BCUT2D eigenvalue weighted by Gasteiger charge is 2.24. The predicted octanol–water partition coefficient (Wildman–Crippen LogP) is 3.91. The Bertz CT molecular complexity index is 752. The molecule has 1 amide bonds. The predicted molar refractivity (Wildman–Crippen MR) is 109 cm³/mol. The number of hydrogen-bond donors (Lipinski definition) is 1. The number of morpholine rings is 1. The Morgan fingerprint density at radius 3 is 2.44 bits per heavy atom. The topological polar surface area (TPSA) is 50.8 Å². The van der Waals surface area contributed by atoms with Crippen LogP contribution in [-0.4, -0.2) is 39.3 Å². The molecule has 1 heterocycles. The molecule has 5 heteroatoms. The van der Waals surface area contributed by atoms with Crippen molar-refractivity contribution in [3.05, 3.63) is 54.1 Å². The number of carbonyl (C=O) groups excluding carboxylic acids is 1. The Kier molecular flexibility index (Phi) is 6.35. The normalized spacial score (nSPS) is 15.5. The molecule has 3 rings (SSSR count). The summed E-state index contributed by atoms with van der Waals surface area (Å²) in [5.74, 6) is 0.762. The SMILES string of the molecule is COc1ccc(C(C(=O)Nc2cccc(N3CCOCC3)c2)C(C)C)cc1. The van der Waals surface area contributed by atoms with Gasteiger partial charge in [-0.25, -0.2) is 0 Å². The third-order valence-electron chi connectivity index (χ3n) is 4.91. The Labute approximate surface area is 161 Å². The molecule has 0 radical (unpaired) electrons. The fraction of sp³-hybridized carbons (Fsp3) is 0.409. The number of nitrogens with zero attached hydrogens (tertiary/aromatic N) is 1. The van der Waals surface area contributed by atoms with Gasteiger partial charge in [0.15, 0.2) is 0 Å². The van der Waals surface area contributed by atoms with Crippen LogP contribution < -0.4 is 15.0 Å². The summed E-state index contributed by atoms with van der Waals surface area (Å²) < 4.78 is 10.6. The van der Waals surface area contributed by atoms with E-state index in [9.17, 15) is 4.79 Å². The van der Waals surface area contributed by atoms with Gasteiger partial charge in [0, 0.05) is 24.5 Å². The zero-order chi connectivity index (χ0) is 19.2. The van der Waals surface area contributed by atoms with Crippen LogP contribution in [0.2, 0.25) is 0 Å². The lowest BCUT2D eigenvalue weighted by molar-refractivity contribution is -0.118. The second-order valence-electron chi connectivity index (χ2n) is 7.13. The summed E-state index contributed by atoms with van der Waals surface area (Å²) in [4.78, 5) is 15.3. The van der Waals surface area contributed by atoms with Crippen molar-refractivity contribution in [2.24, 2.45) is 5.92 Å². The van der Waals surface area contributed by atoms with Crippen LogP contribution in [0.4, 0.5) is 11.4 Å². The monoisotopic (exact) mass is 368 g/mol. The lowest BCUT2D eigenvalue weighted by Crippen LogP contribution is -2.36. The second-order valence-corrected chi connectivity index (χ2v) is 7.13. The van der Waals surface area contributed by atoms with Crippen molar-refractivity contribution in [1.82, 2.24) is 0 Å². The molecular weight excluding hydrogens is 340 g/mol. The minimum atomic E-state index is -0.219. The van der Waals surface area contributed by atoms with Gasteiger partial charge in [0.25, 0.3) is 0 Å². The van der Waals surface area contributed by atoms with E-state index < -0.39 is 0 Å². The minimum Gasteiger partial charge on any atom is -0.497 e. The van der Waals surface area contributed by atoms with Gasteiger partial charge in [-0.2, -0.15) is 0 Å². The highest BCUT2D eigenvalue weighted by Crippen LogP contribution is 2.28. The molecule has 144 valence electrons. The van der Waals surface area contributed by atoms with Gasteiger partial charge in [-0.1, -0.05) is 32.0 Å². The van der Waals surface area contributed by atoms with Crippen molar-refractivity contribution in [3.8, 4) is 5.75 Å². The molecule has 0 spiro atoms. The van der Waals surface area contributed by atoms with Crippen molar-refractivity contribution in [1.29, 1.82) is 0 Å². The summed E-state index contributed by atoms with van der Waals surface area (Å²) in [5.41, 5.74) is 2.93. The molecule has 1 atom stereocenters. The van der Waals surface area contributed by atoms with Crippen molar-refractivity contribution >= 4 is 17.3 Å². The van der Waals surface area contributed by atoms with Crippen molar-refractivity contribution < 1.29 is 14.3 Å². The molecule has 0 aromatic heterocycles. The Balaban J connectivity index is 1.75. The van der Waals surface area contributed by atoms with Crippen molar-refractivity contribution in [2.75, 3.05) is 43.6 Å². The van der Waals surface area contributed by atoms with E-state index in [1.165, 1.54) is 0 Å². The van der Waals surface area contributed by atoms with Crippen LogP contribution in [0.1, 0.15) is 25.3 Å². The summed E-state index contributed by atoms with van der Waals surface area (Å²) in [6, 6.07) is 15.8. The molecule has 2 aromatic rings. The van der Waals surface area contributed by atoms with Gasteiger partial charge < -0.3 is 19.7 Å². The summed E-state index contributed by atoms with van der Waals surface area (Å²) in [5, 5.41) is 3.10. The zero-order valence-electron chi connectivity index (χ0n) is 16.3. The lowest BCUT2D eigenvalue weighted by Gasteiger charge is -2.29. The number of amides is 1. The molecule has 0 saturated carbocycles. The van der Waals surface area contributed by atoms with Crippen LogP contribution in [0, 0.1) is 5.92 Å². The first-order valence-corrected chi connectivity index (χ1v) is 9.46. The number of carbonyl (C=O) groups is 1. The summed E-state index contributed by atoms with van der Waals surface area (Å²) in [6.45, 7) is 7.36. The van der Waals surface area contributed by atoms with E-state index >= 15 is 0 Å². The van der Waals surface area contributed by atoms with Gasteiger partial charge >= 0.3 is 0 Å². The molecular formula is C22H28N2O3. The molecule has 1 saturated heterocycles. The summed E-state index contributed by atoms with van der Waals surface area (Å²) in [7, 11) is 1.64. The maximum absolute atomic E-state index is 13.0. The Morgan fingerprint density at radius 1 is 1.11 bits per heavy atom. The van der Waals surface area contributed by atoms with E-state index in [0.717, 1.165) is 49.0 Å². The van der Waals surface area contributed by atoms with Crippen LogP contribution in [0.5, 0.6) is 5.75 Å². The molecule has 2 aromatic carbocycles. The van der Waals surface area contributed by atoms with Crippen molar-refractivity contribution in [3.63, 3.8) is 0 Å². The number of rotatable bonds is 6. The average Bonchev–Trinajstić information content (AvgIpc) is 2.69. The van der Waals surface area contributed by atoms with Gasteiger partial charge in [0.05, 0.1) is 26.2 Å². The molecule has 1 fully saturated rings. The molecule has 27 heavy (non-hydrogen) atoms. The highest BCUT2D eigenvalue weighted by molar-refractivity contribution is 5.96. The number of nitrogens with one attached hydrogen (secondary N) is 1. The summed E-state index contributed by atoms with van der Waals surface area (Å²) >= 11 is 0. The maximum Gasteiger partial charge on any atom is 0.232 e. The second kappa shape index (κ2) is 8.91. The van der Waals surface area contributed by atoms with Crippen LogP contribution >= 0.6 is 0 Å². The third-order valence-corrected chi connectivity index (χ3v) is 4.91. The smallest absolute Gasteiger partial charge is 0.232 e. The molecule has 0 bridgehead atoms. The lowest BCUT2D eigenvalue weighted by atomic mass is 9.87. The van der Waals surface area contributed by atoms with Gasteiger partial charge in [-0.15, -0.1) is 0 Å². The van der Waals surface area contributed by atoms with E-state index in [0.29, 0.717) is 0 Å². The molecule has 1 aliphatic rings. The largest absolute Gasteiger partial charge is 0.497 e. The highest BCUT2D eigenvalue weighted by atomic mass is 16.5. The maximum atomic E-state index is 13.0. The van der Waals surface area contributed by atoms with E-state index in [1.807, 2.05) is 42.5 Å². The first-order valence-electron chi connectivity index (χ1n) is 9.46. The van der Waals surface area contributed by atoms with Crippen LogP contribution in [0.25, 0.3) is 0 Å². The number of ether oxygens (including phenoxy) is 2. The van der Waals surface area contributed by atoms with Crippen molar-refractivity contribution in [2.45, 2.75) is 19.8 Å². The number of methoxy groups -OCH3 is 1. The van der Waals surface area contributed by atoms with Crippen LogP contribution in [-0.2, 0) is 9.53 Å².